The van der Waals surface area contributed by atoms with E-state index < -0.39 is 5.60 Å². The highest BCUT2D eigenvalue weighted by molar-refractivity contribution is 5.92. The minimum absolute atomic E-state index is 0.0577. The van der Waals surface area contributed by atoms with Crippen LogP contribution in [0.4, 0.5) is 0 Å². The van der Waals surface area contributed by atoms with E-state index in [9.17, 15) is 4.79 Å². The lowest BCUT2D eigenvalue weighted by Gasteiger charge is -2.43. The Morgan fingerprint density at radius 1 is 1.35 bits per heavy atom. The topological polar surface area (TPSA) is 88.5 Å². The molecule has 1 atom stereocenters. The molecule has 1 amide bonds. The van der Waals surface area contributed by atoms with E-state index in [1.165, 1.54) is 0 Å². The predicted molar refractivity (Wildman–Crippen MR) is 92.5 cm³/mol. The van der Waals surface area contributed by atoms with Crippen LogP contribution >= 0.6 is 0 Å². The maximum atomic E-state index is 12.8. The van der Waals surface area contributed by atoms with Gasteiger partial charge in [-0.3, -0.25) is 14.8 Å². The smallest absolute Gasteiger partial charge is 0.274 e. The molecular weight excluding hydrogens is 336 g/mol. The summed E-state index contributed by atoms with van der Waals surface area (Å²) in [4.78, 5) is 21.1. The first kappa shape index (κ1) is 17.2. The monoisotopic (exact) mass is 360 g/mol. The number of aromatic amines is 1. The van der Waals surface area contributed by atoms with Crippen molar-refractivity contribution in [1.82, 2.24) is 29.5 Å². The fourth-order valence-corrected chi connectivity index (χ4v) is 3.62. The Labute approximate surface area is 151 Å². The number of nitrogens with zero attached hydrogens (tertiary/aromatic N) is 5. The zero-order chi connectivity index (χ0) is 18.0. The second-order valence-electron chi connectivity index (χ2n) is 7.03. The number of hydrogen-bond acceptors (Lipinski definition) is 6. The largest absolute Gasteiger partial charge is 0.377 e. The molecule has 2 aliphatic rings. The molecule has 4 rings (SSSR count). The summed E-state index contributed by atoms with van der Waals surface area (Å²) in [6.07, 6.45) is 5.15. The predicted octanol–water partition coefficient (Wildman–Crippen LogP) is -0.113. The summed E-state index contributed by atoms with van der Waals surface area (Å²) in [5.41, 5.74) is 1.01. The highest BCUT2D eigenvalue weighted by atomic mass is 16.5. The molecule has 1 N–H and O–H groups in total. The standard InChI is InChI=1S/C17H24N6O3/c1-21-9-15(18-13-21)16(24)23-5-7-26-17(11-23)10-22(4-6-25-12-17)8-14-2-3-19-20-14/h2-3,9,13H,4-8,10-12H2,1H3,(H,19,20). The highest BCUT2D eigenvalue weighted by Crippen LogP contribution is 2.24. The van der Waals surface area contributed by atoms with Gasteiger partial charge in [0.2, 0.25) is 0 Å². The average molecular weight is 360 g/mol. The molecule has 9 nitrogen and oxygen atoms in total. The first-order valence-electron chi connectivity index (χ1n) is 8.83. The van der Waals surface area contributed by atoms with E-state index in [4.69, 9.17) is 9.47 Å². The quantitative estimate of drug-likeness (QED) is 0.822. The molecule has 0 bridgehead atoms. The van der Waals surface area contributed by atoms with Crippen LogP contribution in [0.5, 0.6) is 0 Å². The summed E-state index contributed by atoms with van der Waals surface area (Å²) in [7, 11) is 1.86. The Balaban J connectivity index is 1.47. The third-order valence-electron chi connectivity index (χ3n) is 4.84. The van der Waals surface area contributed by atoms with Gasteiger partial charge in [-0.05, 0) is 6.07 Å². The van der Waals surface area contributed by atoms with Gasteiger partial charge >= 0.3 is 0 Å². The molecule has 2 aliphatic heterocycles. The molecule has 2 saturated heterocycles. The number of morpholine rings is 1. The van der Waals surface area contributed by atoms with Gasteiger partial charge < -0.3 is 18.9 Å². The molecule has 1 spiro atoms. The minimum Gasteiger partial charge on any atom is -0.377 e. The molecule has 0 aliphatic carbocycles. The van der Waals surface area contributed by atoms with Crippen LogP contribution in [0.3, 0.4) is 0 Å². The minimum atomic E-state index is -0.515. The van der Waals surface area contributed by atoms with E-state index >= 15 is 0 Å². The highest BCUT2D eigenvalue weighted by Gasteiger charge is 2.42. The van der Waals surface area contributed by atoms with Gasteiger partial charge in [0.1, 0.15) is 11.3 Å². The van der Waals surface area contributed by atoms with Crippen molar-refractivity contribution in [2.45, 2.75) is 12.1 Å². The van der Waals surface area contributed by atoms with Gasteiger partial charge in [-0.2, -0.15) is 5.10 Å². The van der Waals surface area contributed by atoms with Crippen molar-refractivity contribution in [3.05, 3.63) is 36.2 Å². The Kier molecular flexibility index (Phi) is 4.75. The maximum Gasteiger partial charge on any atom is 0.274 e. The van der Waals surface area contributed by atoms with Crippen LogP contribution in [0.25, 0.3) is 0 Å². The summed E-state index contributed by atoms with van der Waals surface area (Å²) < 4.78 is 13.8. The van der Waals surface area contributed by atoms with Crippen molar-refractivity contribution in [1.29, 1.82) is 0 Å². The van der Waals surface area contributed by atoms with Crippen LogP contribution in [0.15, 0.2) is 24.8 Å². The van der Waals surface area contributed by atoms with E-state index in [1.54, 1.807) is 23.3 Å². The molecular formula is C17H24N6O3. The van der Waals surface area contributed by atoms with Crippen molar-refractivity contribution in [2.24, 2.45) is 7.05 Å². The third kappa shape index (κ3) is 3.64. The fourth-order valence-electron chi connectivity index (χ4n) is 3.62. The summed E-state index contributed by atoms with van der Waals surface area (Å²) in [5, 5.41) is 7.01. The molecule has 2 aromatic heterocycles. The third-order valence-corrected chi connectivity index (χ3v) is 4.84. The number of imidazole rings is 1. The molecule has 140 valence electrons. The van der Waals surface area contributed by atoms with Crippen molar-refractivity contribution < 1.29 is 14.3 Å². The van der Waals surface area contributed by atoms with Gasteiger partial charge in [0.25, 0.3) is 5.91 Å². The van der Waals surface area contributed by atoms with E-state index in [1.807, 2.05) is 18.0 Å². The normalized spacial score (nSPS) is 24.7. The number of carbonyl (C=O) groups is 1. The molecule has 0 aromatic carbocycles. The summed E-state index contributed by atoms with van der Waals surface area (Å²) in [5.74, 6) is -0.0577. The number of hydrogen-bond donors (Lipinski definition) is 1. The number of carbonyl (C=O) groups excluding carboxylic acids is 1. The Morgan fingerprint density at radius 3 is 3.04 bits per heavy atom. The van der Waals surface area contributed by atoms with E-state index in [-0.39, 0.29) is 5.91 Å². The molecule has 9 heteroatoms. The lowest BCUT2D eigenvalue weighted by atomic mass is 10.0. The zero-order valence-electron chi connectivity index (χ0n) is 14.9. The van der Waals surface area contributed by atoms with Crippen LogP contribution in [0.1, 0.15) is 16.2 Å². The van der Waals surface area contributed by atoms with Crippen molar-refractivity contribution in [3.63, 3.8) is 0 Å². The van der Waals surface area contributed by atoms with Crippen molar-refractivity contribution in [2.75, 3.05) is 46.0 Å². The number of nitrogens with one attached hydrogen (secondary N) is 1. The number of ether oxygens (including phenoxy) is 2. The average Bonchev–Trinajstić information content (AvgIpc) is 3.26. The van der Waals surface area contributed by atoms with Crippen LogP contribution in [0.2, 0.25) is 0 Å². The molecule has 4 heterocycles. The zero-order valence-corrected chi connectivity index (χ0v) is 14.9. The van der Waals surface area contributed by atoms with E-state index in [0.29, 0.717) is 45.1 Å². The lowest BCUT2D eigenvalue weighted by molar-refractivity contribution is -0.133. The summed E-state index contributed by atoms with van der Waals surface area (Å²) in [6, 6.07) is 1.97. The van der Waals surface area contributed by atoms with Gasteiger partial charge in [-0.1, -0.05) is 0 Å². The molecule has 0 saturated carbocycles. The molecule has 26 heavy (non-hydrogen) atoms. The first-order valence-corrected chi connectivity index (χ1v) is 8.83. The van der Waals surface area contributed by atoms with E-state index in [0.717, 1.165) is 18.8 Å². The number of rotatable bonds is 3. The number of aryl methyl sites for hydroxylation is 1. The Morgan fingerprint density at radius 2 is 2.27 bits per heavy atom. The van der Waals surface area contributed by atoms with Crippen molar-refractivity contribution in [3.8, 4) is 0 Å². The van der Waals surface area contributed by atoms with Crippen molar-refractivity contribution >= 4 is 5.91 Å². The van der Waals surface area contributed by atoms with Crippen LogP contribution in [-0.4, -0.2) is 87.1 Å². The molecule has 2 fully saturated rings. The van der Waals surface area contributed by atoms with E-state index in [2.05, 4.69) is 20.1 Å². The van der Waals surface area contributed by atoms with Gasteiger partial charge in [0.15, 0.2) is 0 Å². The number of amides is 1. The SMILES string of the molecule is Cn1cnc(C(=O)N2CCOC3(COCCN(Cc4ccn[nH]4)C3)C2)c1. The summed E-state index contributed by atoms with van der Waals surface area (Å²) >= 11 is 0. The van der Waals surface area contributed by atoms with Gasteiger partial charge in [-0.25, -0.2) is 4.98 Å². The number of H-pyrrole nitrogens is 1. The fraction of sp³-hybridized carbons (Fsp3) is 0.588. The van der Waals surface area contributed by atoms with Crippen LogP contribution in [0, 0.1) is 0 Å². The van der Waals surface area contributed by atoms with Crippen LogP contribution in [-0.2, 0) is 23.1 Å². The van der Waals surface area contributed by atoms with Crippen LogP contribution < -0.4 is 0 Å². The lowest BCUT2D eigenvalue weighted by Crippen LogP contribution is -2.59. The number of aromatic nitrogens is 4. The molecule has 1 unspecified atom stereocenters. The van der Waals surface area contributed by atoms with Gasteiger partial charge in [0.05, 0.1) is 32.7 Å². The Hall–Kier alpha value is -2.23. The van der Waals surface area contributed by atoms with Gasteiger partial charge in [-0.15, -0.1) is 0 Å². The second-order valence-corrected chi connectivity index (χ2v) is 7.03. The maximum absolute atomic E-state index is 12.8. The molecule has 2 aromatic rings. The Bertz CT molecular complexity index is 746. The van der Waals surface area contributed by atoms with Gasteiger partial charge in [0, 0.05) is 51.3 Å². The molecule has 0 radical (unpaired) electrons. The first-order chi connectivity index (χ1) is 12.6. The summed E-state index contributed by atoms with van der Waals surface area (Å²) in [6.45, 7) is 4.98. The second kappa shape index (κ2) is 7.18.